The van der Waals surface area contributed by atoms with Crippen LogP contribution in [0.2, 0.25) is 13.1 Å². The van der Waals surface area contributed by atoms with Crippen molar-refractivity contribution in [2.24, 2.45) is 0 Å². The summed E-state index contributed by atoms with van der Waals surface area (Å²) in [5.74, 6) is 0. The molecule has 0 saturated carbocycles. The van der Waals surface area contributed by atoms with Gasteiger partial charge >= 0.3 is 214 Å². The zero-order chi connectivity index (χ0) is 25.3. The Hall–Kier alpha value is -1.21. The van der Waals surface area contributed by atoms with E-state index in [0.29, 0.717) is 16.6 Å². The number of H-pyrrole nitrogens is 1. The first-order chi connectivity index (χ1) is 15.7. The molecule has 0 bridgehead atoms. The second kappa shape index (κ2) is 10.4. The van der Waals surface area contributed by atoms with E-state index in [2.05, 4.69) is 18.1 Å². The molecule has 1 aromatic heterocycles. The molecular weight excluding hydrogens is 564 g/mol. The van der Waals surface area contributed by atoms with Gasteiger partial charge in [-0.1, -0.05) is 0 Å². The monoisotopic (exact) mass is 604 g/mol. The van der Waals surface area contributed by atoms with E-state index < -0.39 is 40.8 Å². The third-order valence-corrected chi connectivity index (χ3v) is 11.0. The number of rotatable bonds is 7. The Bertz CT molecular complexity index is 1090. The number of ether oxygens (including phenoxy) is 3. The molecule has 3 rings (SSSR count). The Morgan fingerprint density at radius 3 is 2.32 bits per heavy atom. The number of benzene rings is 1. The van der Waals surface area contributed by atoms with Gasteiger partial charge in [-0.3, -0.25) is 0 Å². The maximum atomic E-state index is 13.1. The molecule has 1 aromatic carbocycles. The standard InChI is InChI=1S/C25H38N2O5SiTe/c1-23(2,3)30-16-19-18(31-24(4,5)6)14-25(32-19,33(7)8)27-15-20(21(28)26-22(27)29)34-17-12-10-9-11-13-17/h9-13,15,18-19,33H,14,16H2,1-8H3,(H,26,28,29)/t18-,19+,25-/m0/s1. The van der Waals surface area contributed by atoms with E-state index in [4.69, 9.17) is 14.2 Å². The summed E-state index contributed by atoms with van der Waals surface area (Å²) < 4.78 is 22.7. The molecule has 7 nitrogen and oxygen atoms in total. The molecule has 2 aromatic rings. The molecule has 188 valence electrons. The predicted molar refractivity (Wildman–Crippen MR) is 139 cm³/mol. The van der Waals surface area contributed by atoms with E-state index in [1.165, 1.54) is 0 Å². The first kappa shape index (κ1) is 27.4. The molecule has 2 heterocycles. The van der Waals surface area contributed by atoms with Crippen LogP contribution in [0, 0.1) is 0 Å². The number of aromatic nitrogens is 2. The molecule has 0 aliphatic carbocycles. The second-order valence-electron chi connectivity index (χ2n) is 11.1. The third-order valence-electron chi connectivity index (χ3n) is 5.64. The molecule has 1 aliphatic heterocycles. The van der Waals surface area contributed by atoms with Crippen molar-refractivity contribution in [2.75, 3.05) is 6.61 Å². The molecule has 0 amide bonds. The zero-order valence-corrected chi connectivity index (χ0v) is 25.0. The molecule has 1 N–H and O–H groups in total. The SMILES string of the molecule is C[SiH](C)[C@]1(n2cc([Te]c3ccccc3)c(=O)[nH]c2=O)C[C@H](OC(C)(C)C)[C@@H](COC(C)(C)C)O1. The quantitative estimate of drug-likeness (QED) is 0.488. The van der Waals surface area contributed by atoms with Crippen molar-refractivity contribution in [3.63, 3.8) is 0 Å². The normalized spacial score (nSPS) is 23.6. The Morgan fingerprint density at radius 2 is 1.76 bits per heavy atom. The van der Waals surface area contributed by atoms with Gasteiger partial charge in [-0.2, -0.15) is 0 Å². The summed E-state index contributed by atoms with van der Waals surface area (Å²) in [4.78, 5) is 28.4. The van der Waals surface area contributed by atoms with E-state index in [-0.39, 0.29) is 29.0 Å². The molecule has 0 spiro atoms. The van der Waals surface area contributed by atoms with E-state index >= 15 is 0 Å². The Labute approximate surface area is 213 Å². The van der Waals surface area contributed by atoms with Crippen LogP contribution < -0.4 is 18.5 Å². The van der Waals surface area contributed by atoms with Gasteiger partial charge in [-0.25, -0.2) is 0 Å². The fraction of sp³-hybridized carbons (Fsp3) is 0.600. The molecule has 1 aliphatic rings. The van der Waals surface area contributed by atoms with Gasteiger partial charge in [0.2, 0.25) is 0 Å². The van der Waals surface area contributed by atoms with Crippen LogP contribution in [0.25, 0.3) is 0 Å². The molecule has 3 atom stereocenters. The van der Waals surface area contributed by atoms with Gasteiger partial charge in [0, 0.05) is 0 Å². The minimum absolute atomic E-state index is 0.231. The van der Waals surface area contributed by atoms with Crippen molar-refractivity contribution in [2.45, 2.75) is 89.8 Å². The van der Waals surface area contributed by atoms with Crippen LogP contribution in [0.4, 0.5) is 0 Å². The average molecular weight is 602 g/mol. The molecule has 1 saturated heterocycles. The summed E-state index contributed by atoms with van der Waals surface area (Å²) in [7, 11) is -1.65. The number of hydrogen-bond donors (Lipinski definition) is 1. The van der Waals surface area contributed by atoms with Crippen LogP contribution in [-0.4, -0.2) is 69.3 Å². The van der Waals surface area contributed by atoms with Crippen molar-refractivity contribution in [1.29, 1.82) is 0 Å². The van der Waals surface area contributed by atoms with Gasteiger partial charge in [-0.05, 0) is 0 Å². The van der Waals surface area contributed by atoms with Crippen molar-refractivity contribution >= 4 is 36.9 Å². The average Bonchev–Trinajstić information content (AvgIpc) is 3.06. The van der Waals surface area contributed by atoms with Crippen molar-refractivity contribution < 1.29 is 14.2 Å². The van der Waals surface area contributed by atoms with Crippen LogP contribution >= 0.6 is 0 Å². The van der Waals surface area contributed by atoms with Gasteiger partial charge in [0.25, 0.3) is 0 Å². The van der Waals surface area contributed by atoms with Crippen LogP contribution in [0.15, 0.2) is 46.1 Å². The van der Waals surface area contributed by atoms with E-state index in [9.17, 15) is 9.59 Å². The third kappa shape index (κ3) is 6.71. The Kier molecular flexibility index (Phi) is 8.38. The predicted octanol–water partition coefficient (Wildman–Crippen LogP) is 1.66. The number of nitrogens with one attached hydrogen (secondary N) is 1. The second-order valence-corrected chi connectivity index (χ2v) is 17.5. The summed E-state index contributed by atoms with van der Waals surface area (Å²) in [6.45, 7) is 16.8. The zero-order valence-electron chi connectivity index (χ0n) is 21.5. The summed E-state index contributed by atoms with van der Waals surface area (Å²) in [6.07, 6.45) is 1.75. The van der Waals surface area contributed by atoms with E-state index in [0.717, 1.165) is 3.61 Å². The Morgan fingerprint density at radius 1 is 1.12 bits per heavy atom. The van der Waals surface area contributed by atoms with Crippen LogP contribution in [0.5, 0.6) is 0 Å². The molecule has 0 radical (unpaired) electrons. The maximum absolute atomic E-state index is 13.1. The van der Waals surface area contributed by atoms with Crippen LogP contribution in [0.1, 0.15) is 48.0 Å². The first-order valence-corrected chi connectivity index (χ1v) is 17.0. The van der Waals surface area contributed by atoms with Crippen molar-refractivity contribution in [3.8, 4) is 0 Å². The fourth-order valence-electron chi connectivity index (χ4n) is 4.08. The number of nitrogens with zero attached hydrogens (tertiary/aromatic N) is 1. The summed E-state index contributed by atoms with van der Waals surface area (Å²) in [5.41, 5.74) is -1.42. The molecule has 34 heavy (non-hydrogen) atoms. The molecule has 1 fully saturated rings. The van der Waals surface area contributed by atoms with Crippen molar-refractivity contribution in [3.05, 3.63) is 57.4 Å². The first-order valence-electron chi connectivity index (χ1n) is 11.8. The van der Waals surface area contributed by atoms with Gasteiger partial charge in [0.05, 0.1) is 0 Å². The molecular formula is C25H38N2O5SiTe. The topological polar surface area (TPSA) is 82.6 Å². The van der Waals surface area contributed by atoms with Gasteiger partial charge in [0.1, 0.15) is 0 Å². The fourth-order valence-corrected chi connectivity index (χ4v) is 8.40. The minimum atomic E-state index is -1.65. The summed E-state index contributed by atoms with van der Waals surface area (Å²) in [5, 5.41) is -0.818. The Balaban J connectivity index is 2.04. The summed E-state index contributed by atoms with van der Waals surface area (Å²) >= 11 is -0.964. The van der Waals surface area contributed by atoms with E-state index in [1.807, 2.05) is 71.9 Å². The van der Waals surface area contributed by atoms with E-state index in [1.54, 1.807) is 10.8 Å². The number of hydrogen-bond acceptors (Lipinski definition) is 5. The van der Waals surface area contributed by atoms with Crippen molar-refractivity contribution in [1.82, 2.24) is 9.55 Å². The van der Waals surface area contributed by atoms with Gasteiger partial charge in [-0.15, -0.1) is 0 Å². The number of aromatic amines is 1. The van der Waals surface area contributed by atoms with Gasteiger partial charge < -0.3 is 0 Å². The van der Waals surface area contributed by atoms with Crippen LogP contribution in [0.3, 0.4) is 0 Å². The molecule has 9 heteroatoms. The van der Waals surface area contributed by atoms with Crippen LogP contribution in [-0.2, 0) is 19.6 Å². The summed E-state index contributed by atoms with van der Waals surface area (Å²) in [6, 6.07) is 9.97. The van der Waals surface area contributed by atoms with Gasteiger partial charge in [0.15, 0.2) is 0 Å². The molecule has 0 unspecified atom stereocenters.